The Bertz CT molecular complexity index is 521. The highest BCUT2D eigenvalue weighted by molar-refractivity contribution is 9.10. The van der Waals surface area contributed by atoms with Gasteiger partial charge in [-0.1, -0.05) is 6.92 Å². The van der Waals surface area contributed by atoms with Crippen molar-refractivity contribution in [1.29, 1.82) is 0 Å². The lowest BCUT2D eigenvalue weighted by atomic mass is 10.3. The van der Waals surface area contributed by atoms with E-state index in [0.29, 0.717) is 0 Å². The molecule has 2 rings (SSSR count). The molecule has 0 saturated heterocycles. The second-order valence-electron chi connectivity index (χ2n) is 4.16. The number of hydrogen-bond acceptors (Lipinski definition) is 3. The van der Waals surface area contributed by atoms with Gasteiger partial charge < -0.3 is 9.88 Å². The lowest BCUT2D eigenvalue weighted by molar-refractivity contribution is 0.644. The molecule has 0 aliphatic rings. The van der Waals surface area contributed by atoms with Gasteiger partial charge in [0.25, 0.3) is 0 Å². The molecule has 2 aromatic heterocycles. The number of anilines is 1. The zero-order chi connectivity index (χ0) is 13.0. The molecule has 0 unspecified atom stereocenters. The summed E-state index contributed by atoms with van der Waals surface area (Å²) in [5.41, 5.74) is 2.03. The summed E-state index contributed by atoms with van der Waals surface area (Å²) in [6, 6.07) is 3.97. The number of imidazole rings is 1. The van der Waals surface area contributed by atoms with Crippen LogP contribution in [0.1, 0.15) is 24.9 Å². The molecule has 0 spiro atoms. The van der Waals surface area contributed by atoms with E-state index in [9.17, 15) is 0 Å². The summed E-state index contributed by atoms with van der Waals surface area (Å²) in [5, 5.41) is 3.37. The van der Waals surface area contributed by atoms with Crippen molar-refractivity contribution in [1.82, 2.24) is 14.5 Å². The number of rotatable bonds is 5. The molecule has 0 fully saturated rings. The Balaban J connectivity index is 2.04. The Morgan fingerprint density at radius 2 is 2.22 bits per heavy atom. The van der Waals surface area contributed by atoms with Crippen LogP contribution in [0.25, 0.3) is 0 Å². The summed E-state index contributed by atoms with van der Waals surface area (Å²) >= 11 is 3.36. The molecule has 96 valence electrons. The molecule has 2 heterocycles. The monoisotopic (exact) mass is 308 g/mol. The smallest absolute Gasteiger partial charge is 0.128 e. The van der Waals surface area contributed by atoms with Gasteiger partial charge in [0.05, 0.1) is 17.9 Å². The van der Waals surface area contributed by atoms with Gasteiger partial charge in [-0.25, -0.2) is 9.97 Å². The Hall–Kier alpha value is -1.36. The van der Waals surface area contributed by atoms with Crippen LogP contribution in [-0.2, 0) is 13.1 Å². The molecule has 4 nitrogen and oxygen atoms in total. The number of halogens is 1. The van der Waals surface area contributed by atoms with Gasteiger partial charge in [-0.3, -0.25) is 0 Å². The maximum atomic E-state index is 4.37. The fourth-order valence-electron chi connectivity index (χ4n) is 1.84. The highest BCUT2D eigenvalue weighted by atomic mass is 79.9. The zero-order valence-electron chi connectivity index (χ0n) is 10.7. The van der Waals surface area contributed by atoms with Crippen LogP contribution in [0.5, 0.6) is 0 Å². The fraction of sp³-hybridized carbons (Fsp3) is 0.385. The SMILES string of the molecule is CCCn1ccnc1CNc1ccc(Br)nc1C. The van der Waals surface area contributed by atoms with Crippen LogP contribution in [0.3, 0.4) is 0 Å². The average Bonchev–Trinajstić information content (AvgIpc) is 2.76. The van der Waals surface area contributed by atoms with Gasteiger partial charge >= 0.3 is 0 Å². The first-order chi connectivity index (χ1) is 8.70. The van der Waals surface area contributed by atoms with Crippen LogP contribution in [-0.4, -0.2) is 14.5 Å². The highest BCUT2D eigenvalue weighted by Gasteiger charge is 2.04. The van der Waals surface area contributed by atoms with Crippen LogP contribution in [0.4, 0.5) is 5.69 Å². The molecule has 0 aliphatic heterocycles. The van der Waals surface area contributed by atoms with Crippen molar-refractivity contribution in [3.05, 3.63) is 40.6 Å². The Labute approximate surface area is 116 Å². The molecular weight excluding hydrogens is 292 g/mol. The number of pyridine rings is 1. The van der Waals surface area contributed by atoms with E-state index in [0.717, 1.165) is 41.3 Å². The normalized spacial score (nSPS) is 10.6. The molecule has 0 saturated carbocycles. The van der Waals surface area contributed by atoms with E-state index < -0.39 is 0 Å². The van der Waals surface area contributed by atoms with Gasteiger partial charge in [0.2, 0.25) is 0 Å². The Morgan fingerprint density at radius 3 is 2.94 bits per heavy atom. The Kier molecular flexibility index (Phi) is 4.36. The molecular formula is C13H17BrN4. The third-order valence-electron chi connectivity index (χ3n) is 2.75. The molecule has 0 aromatic carbocycles. The van der Waals surface area contributed by atoms with Gasteiger partial charge in [-0.15, -0.1) is 0 Å². The summed E-state index contributed by atoms with van der Waals surface area (Å²) in [5.74, 6) is 1.05. The topological polar surface area (TPSA) is 42.7 Å². The summed E-state index contributed by atoms with van der Waals surface area (Å²) in [7, 11) is 0. The van der Waals surface area contributed by atoms with Crippen molar-refractivity contribution in [2.24, 2.45) is 0 Å². The van der Waals surface area contributed by atoms with E-state index in [1.54, 1.807) is 0 Å². The van der Waals surface area contributed by atoms with Gasteiger partial charge in [0.1, 0.15) is 10.4 Å². The first kappa shape index (κ1) is 13.1. The van der Waals surface area contributed by atoms with Gasteiger partial charge in [-0.05, 0) is 41.4 Å². The van der Waals surface area contributed by atoms with Crippen LogP contribution >= 0.6 is 15.9 Å². The molecule has 0 aliphatic carbocycles. The summed E-state index contributed by atoms with van der Waals surface area (Å²) in [6.07, 6.45) is 4.98. The summed E-state index contributed by atoms with van der Waals surface area (Å²) in [4.78, 5) is 8.73. The predicted octanol–water partition coefficient (Wildman–Crippen LogP) is 3.37. The maximum Gasteiger partial charge on any atom is 0.128 e. The van der Waals surface area contributed by atoms with Crippen molar-refractivity contribution in [3.63, 3.8) is 0 Å². The standard InChI is InChI=1S/C13H17BrN4/c1-3-7-18-8-6-15-13(18)9-16-11-4-5-12(14)17-10(11)2/h4-6,8,16H,3,7,9H2,1-2H3. The molecule has 2 aromatic rings. The van der Waals surface area contributed by atoms with Gasteiger partial charge in [0, 0.05) is 18.9 Å². The predicted molar refractivity (Wildman–Crippen MR) is 76.5 cm³/mol. The first-order valence-corrected chi connectivity index (χ1v) is 6.87. The van der Waals surface area contributed by atoms with Crippen LogP contribution in [0.2, 0.25) is 0 Å². The number of nitrogens with zero attached hydrogens (tertiary/aromatic N) is 3. The third kappa shape index (κ3) is 3.10. The third-order valence-corrected chi connectivity index (χ3v) is 3.20. The van der Waals surface area contributed by atoms with E-state index in [1.165, 1.54) is 0 Å². The lowest BCUT2D eigenvalue weighted by Crippen LogP contribution is -2.09. The van der Waals surface area contributed by atoms with Crippen molar-refractivity contribution < 1.29 is 0 Å². The van der Waals surface area contributed by atoms with E-state index in [1.807, 2.05) is 31.5 Å². The molecule has 0 bridgehead atoms. The maximum absolute atomic E-state index is 4.37. The lowest BCUT2D eigenvalue weighted by Gasteiger charge is -2.10. The van der Waals surface area contributed by atoms with E-state index in [4.69, 9.17) is 0 Å². The minimum absolute atomic E-state index is 0.719. The Morgan fingerprint density at radius 1 is 1.39 bits per heavy atom. The fourth-order valence-corrected chi connectivity index (χ4v) is 2.24. The largest absolute Gasteiger partial charge is 0.376 e. The van der Waals surface area contributed by atoms with Crippen molar-refractivity contribution in [2.75, 3.05) is 5.32 Å². The van der Waals surface area contributed by atoms with Gasteiger partial charge in [0.15, 0.2) is 0 Å². The van der Waals surface area contributed by atoms with Gasteiger partial charge in [-0.2, -0.15) is 0 Å². The van der Waals surface area contributed by atoms with Crippen LogP contribution < -0.4 is 5.32 Å². The van der Waals surface area contributed by atoms with Crippen molar-refractivity contribution in [2.45, 2.75) is 33.4 Å². The molecule has 1 N–H and O–H groups in total. The number of hydrogen-bond donors (Lipinski definition) is 1. The van der Waals surface area contributed by atoms with Crippen LogP contribution in [0, 0.1) is 6.92 Å². The van der Waals surface area contributed by atoms with E-state index in [2.05, 4.69) is 42.7 Å². The number of aromatic nitrogens is 3. The first-order valence-electron chi connectivity index (χ1n) is 6.07. The molecule has 5 heteroatoms. The average molecular weight is 309 g/mol. The van der Waals surface area contributed by atoms with E-state index in [-0.39, 0.29) is 0 Å². The minimum Gasteiger partial charge on any atom is -0.376 e. The second kappa shape index (κ2) is 6.00. The van der Waals surface area contributed by atoms with Crippen molar-refractivity contribution in [3.8, 4) is 0 Å². The molecule has 0 radical (unpaired) electrons. The quantitative estimate of drug-likeness (QED) is 0.861. The number of aryl methyl sites for hydroxylation is 2. The molecule has 0 amide bonds. The van der Waals surface area contributed by atoms with Crippen molar-refractivity contribution >= 4 is 21.6 Å². The van der Waals surface area contributed by atoms with Crippen LogP contribution in [0.15, 0.2) is 29.1 Å². The van der Waals surface area contributed by atoms with E-state index >= 15 is 0 Å². The molecule has 18 heavy (non-hydrogen) atoms. The zero-order valence-corrected chi connectivity index (χ0v) is 12.2. The summed E-state index contributed by atoms with van der Waals surface area (Å²) < 4.78 is 3.03. The molecule has 0 atom stereocenters. The highest BCUT2D eigenvalue weighted by Crippen LogP contribution is 2.16. The number of nitrogens with one attached hydrogen (secondary N) is 1. The second-order valence-corrected chi connectivity index (χ2v) is 4.97. The summed E-state index contributed by atoms with van der Waals surface area (Å²) in [6.45, 7) is 5.89. The minimum atomic E-state index is 0.719.